The Bertz CT molecular complexity index is 465. The van der Waals surface area contributed by atoms with Crippen LogP contribution in [0.15, 0.2) is 6.20 Å². The Morgan fingerprint density at radius 3 is 2.95 bits per heavy atom. The molecule has 2 unspecified atom stereocenters. The van der Waals surface area contributed by atoms with Crippen LogP contribution in [0.4, 0.5) is 9.80 Å². The predicted octanol–water partition coefficient (Wildman–Crippen LogP) is 1.69. The second-order valence-corrected chi connectivity index (χ2v) is 5.74. The molecule has 0 aromatic carbocycles. The van der Waals surface area contributed by atoms with Crippen molar-refractivity contribution in [3.05, 3.63) is 6.20 Å². The van der Waals surface area contributed by atoms with Crippen LogP contribution in [0.3, 0.4) is 0 Å². The van der Waals surface area contributed by atoms with Crippen LogP contribution in [0.5, 0.6) is 0 Å². The first-order chi connectivity index (χ1) is 9.02. The number of carbonyl (C=O) groups excluding carboxylic acids is 1. The molecule has 0 bridgehead atoms. The van der Waals surface area contributed by atoms with Crippen molar-refractivity contribution in [2.24, 2.45) is 5.92 Å². The minimum atomic E-state index is -1.17. The highest BCUT2D eigenvalue weighted by Gasteiger charge is 2.43. The van der Waals surface area contributed by atoms with E-state index in [1.54, 1.807) is 0 Å². The van der Waals surface area contributed by atoms with Crippen molar-refractivity contribution in [3.8, 4) is 0 Å². The molecule has 0 spiro atoms. The van der Waals surface area contributed by atoms with Crippen LogP contribution >= 0.6 is 11.5 Å². The Morgan fingerprint density at radius 2 is 2.37 bits per heavy atom. The standard InChI is InChI=1S/C11H16N4O3S/c1-7-3-2-4-11(5-7,9(16)17)14-10(18)13-8-6-12-15-19-8/h6-7H,2-5H2,1H3,(H,16,17)(H2,13,14,18). The van der Waals surface area contributed by atoms with Gasteiger partial charge in [-0.05, 0) is 18.8 Å². The van der Waals surface area contributed by atoms with E-state index in [-0.39, 0.29) is 5.92 Å². The summed E-state index contributed by atoms with van der Waals surface area (Å²) in [5, 5.41) is 18.6. The van der Waals surface area contributed by atoms with Crippen molar-refractivity contribution in [1.82, 2.24) is 14.9 Å². The lowest BCUT2D eigenvalue weighted by Gasteiger charge is -2.36. The summed E-state index contributed by atoms with van der Waals surface area (Å²) in [6.07, 6.45) is 4.13. The third kappa shape index (κ3) is 3.19. The fraction of sp³-hybridized carbons (Fsp3) is 0.636. The summed E-state index contributed by atoms with van der Waals surface area (Å²) in [5.74, 6) is -0.688. The zero-order valence-corrected chi connectivity index (χ0v) is 11.4. The molecule has 2 atom stereocenters. The van der Waals surface area contributed by atoms with Crippen molar-refractivity contribution in [2.45, 2.75) is 38.1 Å². The minimum absolute atomic E-state index is 0.287. The minimum Gasteiger partial charge on any atom is -0.480 e. The summed E-state index contributed by atoms with van der Waals surface area (Å²) < 4.78 is 3.62. The second kappa shape index (κ2) is 5.52. The molecule has 1 aromatic rings. The first-order valence-corrected chi connectivity index (χ1v) is 6.89. The molecule has 7 nitrogen and oxygen atoms in total. The van der Waals surface area contributed by atoms with E-state index in [9.17, 15) is 14.7 Å². The first-order valence-electron chi connectivity index (χ1n) is 6.12. The number of rotatable bonds is 3. The molecule has 8 heteroatoms. The molecular weight excluding hydrogens is 268 g/mol. The first kappa shape index (κ1) is 13.7. The van der Waals surface area contributed by atoms with Gasteiger partial charge in [-0.2, -0.15) is 0 Å². The highest BCUT2D eigenvalue weighted by Crippen LogP contribution is 2.32. The van der Waals surface area contributed by atoms with Gasteiger partial charge in [0.15, 0.2) is 0 Å². The van der Waals surface area contributed by atoms with Gasteiger partial charge in [-0.1, -0.05) is 24.3 Å². The number of nitrogens with one attached hydrogen (secondary N) is 2. The van der Waals surface area contributed by atoms with E-state index in [1.165, 1.54) is 6.20 Å². The molecule has 19 heavy (non-hydrogen) atoms. The molecule has 2 rings (SSSR count). The monoisotopic (exact) mass is 284 g/mol. The van der Waals surface area contributed by atoms with Crippen LogP contribution in [0.1, 0.15) is 32.6 Å². The normalized spacial score (nSPS) is 26.7. The van der Waals surface area contributed by atoms with Gasteiger partial charge in [0.1, 0.15) is 10.5 Å². The molecule has 0 saturated heterocycles. The van der Waals surface area contributed by atoms with Crippen molar-refractivity contribution >= 4 is 28.5 Å². The number of urea groups is 1. The van der Waals surface area contributed by atoms with Gasteiger partial charge in [0.05, 0.1) is 6.20 Å². The lowest BCUT2D eigenvalue weighted by atomic mass is 9.76. The van der Waals surface area contributed by atoms with Crippen LogP contribution in [0.25, 0.3) is 0 Å². The molecule has 0 radical (unpaired) electrons. The third-order valence-corrected chi connectivity index (χ3v) is 3.94. The van der Waals surface area contributed by atoms with E-state index in [0.717, 1.165) is 24.4 Å². The number of carboxylic acid groups (broad SMARTS) is 1. The van der Waals surface area contributed by atoms with Crippen molar-refractivity contribution in [2.75, 3.05) is 5.32 Å². The quantitative estimate of drug-likeness (QED) is 0.783. The summed E-state index contributed by atoms with van der Waals surface area (Å²) in [6.45, 7) is 2.00. The largest absolute Gasteiger partial charge is 0.480 e. The van der Waals surface area contributed by atoms with Crippen LogP contribution < -0.4 is 10.6 Å². The number of carbonyl (C=O) groups is 2. The zero-order chi connectivity index (χ0) is 13.9. The number of amides is 2. The summed E-state index contributed by atoms with van der Waals surface area (Å²) in [7, 11) is 0. The van der Waals surface area contributed by atoms with E-state index in [2.05, 4.69) is 20.2 Å². The topological polar surface area (TPSA) is 104 Å². The second-order valence-electron chi connectivity index (χ2n) is 4.95. The lowest BCUT2D eigenvalue weighted by molar-refractivity contribution is -0.146. The lowest BCUT2D eigenvalue weighted by Crippen LogP contribution is -2.57. The van der Waals surface area contributed by atoms with E-state index < -0.39 is 17.5 Å². The Kier molecular flexibility index (Phi) is 3.98. The predicted molar refractivity (Wildman–Crippen MR) is 70.1 cm³/mol. The van der Waals surface area contributed by atoms with Crippen LogP contribution in [0, 0.1) is 5.92 Å². The number of aliphatic carboxylic acids is 1. The number of hydrogen-bond donors (Lipinski definition) is 3. The molecule has 0 aliphatic heterocycles. The fourth-order valence-corrected chi connectivity index (χ4v) is 2.91. The average Bonchev–Trinajstić information content (AvgIpc) is 2.81. The molecule has 1 aliphatic rings. The SMILES string of the molecule is CC1CCCC(NC(=O)Nc2cnns2)(C(=O)O)C1. The average molecular weight is 284 g/mol. The summed E-state index contributed by atoms with van der Waals surface area (Å²) in [6, 6.07) is -0.525. The van der Waals surface area contributed by atoms with Gasteiger partial charge in [0, 0.05) is 11.5 Å². The maximum absolute atomic E-state index is 11.9. The molecule has 2 amide bonds. The number of carboxylic acids is 1. The van der Waals surface area contributed by atoms with E-state index in [1.807, 2.05) is 6.92 Å². The molecule has 3 N–H and O–H groups in total. The Labute approximate surface area is 114 Å². The van der Waals surface area contributed by atoms with Crippen molar-refractivity contribution < 1.29 is 14.7 Å². The number of hydrogen-bond acceptors (Lipinski definition) is 5. The summed E-state index contributed by atoms with van der Waals surface area (Å²) in [5.41, 5.74) is -1.17. The third-order valence-electron chi connectivity index (χ3n) is 3.36. The van der Waals surface area contributed by atoms with Crippen molar-refractivity contribution in [1.29, 1.82) is 0 Å². The van der Waals surface area contributed by atoms with Gasteiger partial charge in [-0.15, -0.1) is 5.10 Å². The Morgan fingerprint density at radius 1 is 1.58 bits per heavy atom. The summed E-state index contributed by atoms with van der Waals surface area (Å²) in [4.78, 5) is 23.4. The van der Waals surface area contributed by atoms with E-state index >= 15 is 0 Å². The number of anilines is 1. The van der Waals surface area contributed by atoms with E-state index in [0.29, 0.717) is 17.8 Å². The zero-order valence-electron chi connectivity index (χ0n) is 10.5. The van der Waals surface area contributed by atoms with Gasteiger partial charge in [-0.3, -0.25) is 5.32 Å². The molecule has 1 heterocycles. The van der Waals surface area contributed by atoms with Crippen LogP contribution in [0.2, 0.25) is 0 Å². The molecule has 1 saturated carbocycles. The Balaban J connectivity index is 2.04. The fourth-order valence-electron chi connectivity index (χ4n) is 2.50. The Hall–Kier alpha value is -1.70. The van der Waals surface area contributed by atoms with E-state index in [4.69, 9.17) is 0 Å². The van der Waals surface area contributed by atoms with Crippen LogP contribution in [-0.4, -0.2) is 32.2 Å². The van der Waals surface area contributed by atoms with Crippen molar-refractivity contribution in [3.63, 3.8) is 0 Å². The maximum atomic E-state index is 11.9. The van der Waals surface area contributed by atoms with Gasteiger partial charge in [0.25, 0.3) is 0 Å². The summed E-state index contributed by atoms with van der Waals surface area (Å²) >= 11 is 1.04. The van der Waals surface area contributed by atoms with Gasteiger partial charge < -0.3 is 10.4 Å². The number of aromatic nitrogens is 2. The smallest absolute Gasteiger partial charge is 0.329 e. The molecule has 1 aromatic heterocycles. The number of nitrogens with zero attached hydrogens (tertiary/aromatic N) is 2. The van der Waals surface area contributed by atoms with Gasteiger partial charge in [0.2, 0.25) is 0 Å². The van der Waals surface area contributed by atoms with Gasteiger partial charge >= 0.3 is 12.0 Å². The highest BCUT2D eigenvalue weighted by molar-refractivity contribution is 7.10. The van der Waals surface area contributed by atoms with Gasteiger partial charge in [-0.25, -0.2) is 9.59 Å². The maximum Gasteiger partial charge on any atom is 0.329 e. The molecule has 1 fully saturated rings. The molecule has 1 aliphatic carbocycles. The molecule has 104 valence electrons. The van der Waals surface area contributed by atoms with Crippen LogP contribution in [-0.2, 0) is 4.79 Å². The highest BCUT2D eigenvalue weighted by atomic mass is 32.1. The molecular formula is C11H16N4O3S.